The predicted molar refractivity (Wildman–Crippen MR) is 118 cm³/mol. The summed E-state index contributed by atoms with van der Waals surface area (Å²) in [6, 6.07) is 5.74. The molecule has 6 nitrogen and oxygen atoms in total. The number of amides is 1. The van der Waals surface area contributed by atoms with E-state index in [1.54, 1.807) is 4.90 Å². The van der Waals surface area contributed by atoms with E-state index in [-0.39, 0.29) is 29.8 Å². The van der Waals surface area contributed by atoms with Crippen LogP contribution in [-0.2, 0) is 20.7 Å². The minimum Gasteiger partial charge on any atom is -0.460 e. The first-order valence-electron chi connectivity index (χ1n) is 11.2. The third-order valence-corrected chi connectivity index (χ3v) is 5.98. The Morgan fingerprint density at radius 1 is 1.06 bits per heavy atom. The number of benzene rings is 1. The minimum atomic E-state index is -0.592. The van der Waals surface area contributed by atoms with Crippen LogP contribution >= 0.6 is 0 Å². The summed E-state index contributed by atoms with van der Waals surface area (Å²) in [7, 11) is 0. The Balaban J connectivity index is 1.87. The molecule has 1 aromatic carbocycles. The van der Waals surface area contributed by atoms with E-state index in [1.807, 2.05) is 59.7 Å². The maximum atomic E-state index is 13.4. The van der Waals surface area contributed by atoms with Crippen LogP contribution in [0.5, 0.6) is 0 Å². The molecule has 1 amide bonds. The number of likely N-dealkylation sites (tertiary alicyclic amines) is 1. The number of fused-ring (bicyclic) bond motifs is 1. The van der Waals surface area contributed by atoms with Crippen molar-refractivity contribution in [1.82, 2.24) is 4.90 Å². The van der Waals surface area contributed by atoms with E-state index in [0.717, 1.165) is 36.7 Å². The summed E-state index contributed by atoms with van der Waals surface area (Å²) >= 11 is 0. The van der Waals surface area contributed by atoms with Crippen LogP contribution in [0.4, 0.5) is 4.79 Å². The number of carbonyl (C=O) groups excluding carboxylic acids is 3. The zero-order chi connectivity index (χ0) is 23.0. The summed E-state index contributed by atoms with van der Waals surface area (Å²) in [5, 5.41) is 0. The molecule has 3 rings (SSSR count). The number of nitrogens with zero attached hydrogens (tertiary/aromatic N) is 1. The molecule has 3 atom stereocenters. The van der Waals surface area contributed by atoms with Crippen molar-refractivity contribution in [3.05, 3.63) is 34.9 Å². The molecule has 31 heavy (non-hydrogen) atoms. The van der Waals surface area contributed by atoms with Crippen LogP contribution in [0.2, 0.25) is 0 Å². The molecule has 1 fully saturated rings. The van der Waals surface area contributed by atoms with Crippen LogP contribution in [0.3, 0.4) is 0 Å². The van der Waals surface area contributed by atoms with Gasteiger partial charge in [-0.25, -0.2) is 4.79 Å². The van der Waals surface area contributed by atoms with Gasteiger partial charge in [-0.05, 0) is 83.8 Å². The molecule has 0 saturated carbocycles. The molecule has 1 aliphatic carbocycles. The molecule has 6 heteroatoms. The molecule has 1 aromatic rings. The number of carbonyl (C=O) groups is 3. The lowest BCUT2D eigenvalue weighted by atomic mass is 9.77. The van der Waals surface area contributed by atoms with Crippen LogP contribution in [-0.4, -0.2) is 47.5 Å². The standard InChI is InChI=1S/C25H35NO5/c1-24(2,3)30-22(28)21(16-12-13-26(14-16)23(29)31-25(4,5)6)20-11-10-18-17(15-27)8-7-9-19(18)20/h7-9,15-16,20-21H,10-14H2,1-6H3/t16-,20?,21?/m0/s1. The Hall–Kier alpha value is -2.37. The van der Waals surface area contributed by atoms with E-state index < -0.39 is 11.2 Å². The Morgan fingerprint density at radius 3 is 2.35 bits per heavy atom. The van der Waals surface area contributed by atoms with Crippen molar-refractivity contribution in [2.24, 2.45) is 11.8 Å². The maximum Gasteiger partial charge on any atom is 0.410 e. The van der Waals surface area contributed by atoms with Gasteiger partial charge in [0.15, 0.2) is 0 Å². The zero-order valence-corrected chi connectivity index (χ0v) is 19.6. The lowest BCUT2D eigenvalue weighted by molar-refractivity contribution is -0.163. The van der Waals surface area contributed by atoms with Crippen molar-refractivity contribution in [3.63, 3.8) is 0 Å². The number of ether oxygens (including phenoxy) is 2. The zero-order valence-electron chi connectivity index (χ0n) is 19.6. The lowest BCUT2D eigenvalue weighted by Gasteiger charge is -2.31. The predicted octanol–water partition coefficient (Wildman–Crippen LogP) is 4.74. The van der Waals surface area contributed by atoms with Gasteiger partial charge in [-0.1, -0.05) is 18.2 Å². The van der Waals surface area contributed by atoms with Crippen LogP contribution in [0.15, 0.2) is 18.2 Å². The highest BCUT2D eigenvalue weighted by Gasteiger charge is 2.45. The van der Waals surface area contributed by atoms with Crippen LogP contribution in [0.1, 0.15) is 81.8 Å². The fourth-order valence-corrected chi connectivity index (χ4v) is 4.83. The summed E-state index contributed by atoms with van der Waals surface area (Å²) in [6.45, 7) is 12.2. The Morgan fingerprint density at radius 2 is 1.74 bits per heavy atom. The molecular weight excluding hydrogens is 394 g/mol. The van der Waals surface area contributed by atoms with Gasteiger partial charge in [-0.3, -0.25) is 9.59 Å². The largest absolute Gasteiger partial charge is 0.460 e. The second-order valence-electron chi connectivity index (χ2n) is 10.7. The van der Waals surface area contributed by atoms with Crippen molar-refractivity contribution in [2.75, 3.05) is 13.1 Å². The molecule has 0 bridgehead atoms. The first-order chi connectivity index (χ1) is 14.4. The number of hydrogen-bond acceptors (Lipinski definition) is 5. The monoisotopic (exact) mass is 429 g/mol. The fourth-order valence-electron chi connectivity index (χ4n) is 4.83. The summed E-state index contributed by atoms with van der Waals surface area (Å²) in [6.07, 6.45) is 2.85. The fraction of sp³-hybridized carbons (Fsp3) is 0.640. The van der Waals surface area contributed by atoms with Gasteiger partial charge in [-0.2, -0.15) is 0 Å². The average molecular weight is 430 g/mol. The molecule has 1 saturated heterocycles. The highest BCUT2D eigenvalue weighted by atomic mass is 16.6. The smallest absolute Gasteiger partial charge is 0.410 e. The van der Waals surface area contributed by atoms with Crippen molar-refractivity contribution < 1.29 is 23.9 Å². The van der Waals surface area contributed by atoms with Gasteiger partial charge in [0.1, 0.15) is 17.5 Å². The van der Waals surface area contributed by atoms with Gasteiger partial charge in [0.05, 0.1) is 5.92 Å². The summed E-state index contributed by atoms with van der Waals surface area (Å²) in [5.74, 6) is -0.626. The van der Waals surface area contributed by atoms with E-state index in [1.165, 1.54) is 0 Å². The van der Waals surface area contributed by atoms with Gasteiger partial charge >= 0.3 is 12.1 Å². The quantitative estimate of drug-likeness (QED) is 0.510. The Labute approximate surface area is 185 Å². The molecule has 0 aromatic heterocycles. The molecular formula is C25H35NO5. The van der Waals surface area contributed by atoms with Crippen LogP contribution < -0.4 is 0 Å². The Bertz CT molecular complexity index is 848. The number of hydrogen-bond donors (Lipinski definition) is 0. The SMILES string of the molecule is CC(C)(C)OC(=O)C(C1CCc2c(C=O)cccc21)[C@H]1CCN(C(=O)OC(C)(C)C)C1. The molecule has 170 valence electrons. The van der Waals surface area contributed by atoms with E-state index >= 15 is 0 Å². The Kier molecular flexibility index (Phi) is 6.49. The third kappa shape index (κ3) is 5.46. The molecule has 0 radical (unpaired) electrons. The highest BCUT2D eigenvalue weighted by molar-refractivity contribution is 5.80. The minimum absolute atomic E-state index is 0.0156. The van der Waals surface area contributed by atoms with Gasteiger partial charge in [0.2, 0.25) is 0 Å². The molecule has 2 aliphatic rings. The van der Waals surface area contributed by atoms with Crippen LogP contribution in [0.25, 0.3) is 0 Å². The third-order valence-electron chi connectivity index (χ3n) is 5.98. The van der Waals surface area contributed by atoms with E-state index in [4.69, 9.17) is 9.47 Å². The average Bonchev–Trinajstić information content (AvgIpc) is 3.27. The normalized spacial score (nSPS) is 22.1. The number of rotatable bonds is 4. The summed E-state index contributed by atoms with van der Waals surface area (Å²) < 4.78 is 11.4. The molecule has 1 heterocycles. The molecule has 2 unspecified atom stereocenters. The number of aldehydes is 1. The van der Waals surface area contributed by atoms with E-state index in [2.05, 4.69) is 0 Å². The van der Waals surface area contributed by atoms with Crippen LogP contribution in [0, 0.1) is 11.8 Å². The van der Waals surface area contributed by atoms with Crippen molar-refractivity contribution in [2.45, 2.75) is 77.9 Å². The first-order valence-corrected chi connectivity index (χ1v) is 11.2. The van der Waals surface area contributed by atoms with Gasteiger partial charge in [-0.15, -0.1) is 0 Å². The van der Waals surface area contributed by atoms with Crippen molar-refractivity contribution in [3.8, 4) is 0 Å². The topological polar surface area (TPSA) is 72.9 Å². The number of esters is 1. The second-order valence-corrected chi connectivity index (χ2v) is 10.7. The van der Waals surface area contributed by atoms with Crippen molar-refractivity contribution in [1.29, 1.82) is 0 Å². The maximum absolute atomic E-state index is 13.4. The van der Waals surface area contributed by atoms with Crippen molar-refractivity contribution >= 4 is 18.3 Å². The molecule has 0 spiro atoms. The molecule has 0 N–H and O–H groups in total. The summed E-state index contributed by atoms with van der Waals surface area (Å²) in [5.41, 5.74) is 1.65. The van der Waals surface area contributed by atoms with Gasteiger partial charge in [0.25, 0.3) is 0 Å². The van der Waals surface area contributed by atoms with E-state index in [9.17, 15) is 14.4 Å². The lowest BCUT2D eigenvalue weighted by Crippen LogP contribution is -2.39. The highest BCUT2D eigenvalue weighted by Crippen LogP contribution is 2.45. The van der Waals surface area contributed by atoms with E-state index in [0.29, 0.717) is 18.7 Å². The summed E-state index contributed by atoms with van der Waals surface area (Å²) in [4.78, 5) is 39.2. The first kappa shape index (κ1) is 23.3. The molecule has 1 aliphatic heterocycles. The van der Waals surface area contributed by atoms with Gasteiger partial charge in [0, 0.05) is 18.7 Å². The second kappa shape index (κ2) is 8.64. The van der Waals surface area contributed by atoms with Gasteiger partial charge < -0.3 is 14.4 Å².